The Kier molecular flexibility index (Phi) is 5.33. The third kappa shape index (κ3) is 4.33. The normalized spacial score (nSPS) is 17.9. The lowest BCUT2D eigenvalue weighted by molar-refractivity contribution is -0.140. The molecule has 1 unspecified atom stereocenters. The minimum atomic E-state index is -0.107. The van der Waals surface area contributed by atoms with Crippen molar-refractivity contribution in [3.05, 3.63) is 0 Å². The number of esters is 1. The quantitative estimate of drug-likeness (QED) is 0.515. The van der Waals surface area contributed by atoms with Crippen LogP contribution in [0, 0.1) is 5.92 Å². The van der Waals surface area contributed by atoms with Gasteiger partial charge < -0.3 is 10.1 Å². The van der Waals surface area contributed by atoms with Crippen molar-refractivity contribution in [2.24, 2.45) is 5.92 Å². The summed E-state index contributed by atoms with van der Waals surface area (Å²) in [5, 5.41) is 3.33. The third-order valence-electron chi connectivity index (χ3n) is 2.54. The van der Waals surface area contributed by atoms with Gasteiger partial charge in [0.15, 0.2) is 0 Å². The number of methoxy groups -OCH3 is 1. The first kappa shape index (κ1) is 11.9. The van der Waals surface area contributed by atoms with Crippen LogP contribution in [0.4, 0.5) is 0 Å². The fourth-order valence-corrected chi connectivity index (χ4v) is 2.59. The number of hydrogen-bond acceptors (Lipinski definition) is 4. The first-order valence-electron chi connectivity index (χ1n) is 5.09. The topological polar surface area (TPSA) is 38.3 Å². The maximum atomic E-state index is 10.8. The molecule has 0 aromatic carbocycles. The molecule has 1 aliphatic carbocycles. The molecule has 14 heavy (non-hydrogen) atoms. The standard InChI is InChI=1S/C10H19NO2S/c1-11-9(8-3-4-8)7-14-6-5-10(12)13-2/h8-9,11H,3-7H2,1-2H3. The zero-order valence-corrected chi connectivity index (χ0v) is 9.73. The van der Waals surface area contributed by atoms with Crippen LogP contribution in [0.15, 0.2) is 0 Å². The molecule has 0 aliphatic heterocycles. The van der Waals surface area contributed by atoms with E-state index in [4.69, 9.17) is 0 Å². The number of hydrogen-bond donors (Lipinski definition) is 1. The SMILES string of the molecule is CNC(CSCCC(=O)OC)C1CC1. The van der Waals surface area contributed by atoms with Crippen molar-refractivity contribution in [2.75, 3.05) is 25.7 Å². The van der Waals surface area contributed by atoms with E-state index in [9.17, 15) is 4.79 Å². The summed E-state index contributed by atoms with van der Waals surface area (Å²) < 4.78 is 4.58. The van der Waals surface area contributed by atoms with Crippen molar-refractivity contribution < 1.29 is 9.53 Å². The Morgan fingerprint density at radius 1 is 1.64 bits per heavy atom. The van der Waals surface area contributed by atoms with Gasteiger partial charge in [-0.2, -0.15) is 11.8 Å². The fourth-order valence-electron chi connectivity index (χ4n) is 1.42. The van der Waals surface area contributed by atoms with Gasteiger partial charge in [-0.15, -0.1) is 0 Å². The number of ether oxygens (including phenoxy) is 1. The van der Waals surface area contributed by atoms with Crippen molar-refractivity contribution in [1.29, 1.82) is 0 Å². The van der Waals surface area contributed by atoms with Gasteiger partial charge in [0.05, 0.1) is 13.5 Å². The molecule has 0 spiro atoms. The van der Waals surface area contributed by atoms with Gasteiger partial charge in [-0.25, -0.2) is 0 Å². The van der Waals surface area contributed by atoms with Crippen LogP contribution in [-0.4, -0.2) is 37.7 Å². The second-order valence-electron chi connectivity index (χ2n) is 3.63. The summed E-state index contributed by atoms with van der Waals surface area (Å²) in [6, 6.07) is 0.637. The molecule has 0 aromatic heterocycles. The summed E-state index contributed by atoms with van der Waals surface area (Å²) >= 11 is 1.83. The van der Waals surface area contributed by atoms with E-state index >= 15 is 0 Å². The van der Waals surface area contributed by atoms with Gasteiger partial charge in [0, 0.05) is 17.5 Å². The number of thioether (sulfide) groups is 1. The number of carbonyl (C=O) groups excluding carboxylic acids is 1. The van der Waals surface area contributed by atoms with E-state index in [-0.39, 0.29) is 5.97 Å². The fraction of sp³-hybridized carbons (Fsp3) is 0.900. The van der Waals surface area contributed by atoms with E-state index in [1.165, 1.54) is 20.0 Å². The molecule has 4 heteroatoms. The summed E-state index contributed by atoms with van der Waals surface area (Å²) in [6.07, 6.45) is 3.26. The second kappa shape index (κ2) is 6.30. The number of carbonyl (C=O) groups is 1. The summed E-state index contributed by atoms with van der Waals surface area (Å²) in [6.45, 7) is 0. The average Bonchev–Trinajstić information content (AvgIpc) is 3.01. The molecule has 0 heterocycles. The summed E-state index contributed by atoms with van der Waals surface area (Å²) in [5.41, 5.74) is 0. The highest BCUT2D eigenvalue weighted by Gasteiger charge is 2.29. The maximum Gasteiger partial charge on any atom is 0.306 e. The Morgan fingerprint density at radius 3 is 2.86 bits per heavy atom. The van der Waals surface area contributed by atoms with Gasteiger partial charge in [0.1, 0.15) is 0 Å². The van der Waals surface area contributed by atoms with Crippen LogP contribution in [0.3, 0.4) is 0 Å². The summed E-state index contributed by atoms with van der Waals surface area (Å²) in [7, 11) is 3.46. The van der Waals surface area contributed by atoms with E-state index in [0.29, 0.717) is 12.5 Å². The first-order chi connectivity index (χ1) is 6.77. The zero-order chi connectivity index (χ0) is 10.4. The van der Waals surface area contributed by atoms with Crippen molar-refractivity contribution in [2.45, 2.75) is 25.3 Å². The molecule has 1 fully saturated rings. The van der Waals surface area contributed by atoms with E-state index in [2.05, 4.69) is 10.1 Å². The lowest BCUT2D eigenvalue weighted by Gasteiger charge is -2.14. The molecule has 82 valence electrons. The average molecular weight is 217 g/mol. The van der Waals surface area contributed by atoms with Crippen molar-refractivity contribution in [3.63, 3.8) is 0 Å². The monoisotopic (exact) mass is 217 g/mol. The van der Waals surface area contributed by atoms with Gasteiger partial charge in [0.25, 0.3) is 0 Å². The van der Waals surface area contributed by atoms with E-state index in [0.717, 1.165) is 17.4 Å². The largest absolute Gasteiger partial charge is 0.469 e. The van der Waals surface area contributed by atoms with Crippen LogP contribution in [-0.2, 0) is 9.53 Å². The minimum Gasteiger partial charge on any atom is -0.469 e. The number of rotatable bonds is 7. The second-order valence-corrected chi connectivity index (χ2v) is 4.78. The highest BCUT2D eigenvalue weighted by Crippen LogP contribution is 2.33. The summed E-state index contributed by atoms with van der Waals surface area (Å²) in [5.74, 6) is 2.76. The molecular formula is C10H19NO2S. The first-order valence-corrected chi connectivity index (χ1v) is 6.25. The molecule has 1 atom stereocenters. The Hall–Kier alpha value is -0.220. The zero-order valence-electron chi connectivity index (χ0n) is 8.91. The van der Waals surface area contributed by atoms with Crippen LogP contribution in [0.1, 0.15) is 19.3 Å². The molecule has 1 aliphatic rings. The highest BCUT2D eigenvalue weighted by molar-refractivity contribution is 7.99. The maximum absolute atomic E-state index is 10.8. The van der Waals surface area contributed by atoms with Crippen molar-refractivity contribution in [3.8, 4) is 0 Å². The van der Waals surface area contributed by atoms with Crippen LogP contribution in [0.2, 0.25) is 0 Å². The molecule has 0 radical (unpaired) electrons. The molecule has 1 rings (SSSR count). The predicted octanol–water partition coefficient (Wildman–Crippen LogP) is 1.28. The van der Waals surface area contributed by atoms with Gasteiger partial charge in [0.2, 0.25) is 0 Å². The van der Waals surface area contributed by atoms with Crippen LogP contribution in [0.25, 0.3) is 0 Å². The smallest absolute Gasteiger partial charge is 0.306 e. The molecule has 1 saturated carbocycles. The van der Waals surface area contributed by atoms with Gasteiger partial charge in [-0.05, 0) is 25.8 Å². The highest BCUT2D eigenvalue weighted by atomic mass is 32.2. The Bertz CT molecular complexity index is 183. The van der Waals surface area contributed by atoms with Gasteiger partial charge >= 0.3 is 5.97 Å². The molecule has 1 N–H and O–H groups in total. The van der Waals surface area contributed by atoms with Crippen molar-refractivity contribution >= 4 is 17.7 Å². The molecule has 0 amide bonds. The van der Waals surface area contributed by atoms with Crippen molar-refractivity contribution in [1.82, 2.24) is 5.32 Å². The Morgan fingerprint density at radius 2 is 2.36 bits per heavy atom. The van der Waals surface area contributed by atoms with Gasteiger partial charge in [-0.1, -0.05) is 0 Å². The number of nitrogens with one attached hydrogen (secondary N) is 1. The van der Waals surface area contributed by atoms with E-state index in [1.807, 2.05) is 18.8 Å². The van der Waals surface area contributed by atoms with Gasteiger partial charge in [-0.3, -0.25) is 4.79 Å². The lowest BCUT2D eigenvalue weighted by atomic mass is 10.2. The van der Waals surface area contributed by atoms with Crippen LogP contribution in [0.5, 0.6) is 0 Å². The molecule has 0 bridgehead atoms. The third-order valence-corrected chi connectivity index (χ3v) is 3.63. The summed E-state index contributed by atoms with van der Waals surface area (Å²) in [4.78, 5) is 10.8. The molecule has 0 saturated heterocycles. The minimum absolute atomic E-state index is 0.107. The Labute approximate surface area is 90.0 Å². The lowest BCUT2D eigenvalue weighted by Crippen LogP contribution is -2.30. The molecule has 3 nitrogen and oxygen atoms in total. The van der Waals surface area contributed by atoms with Crippen LogP contribution >= 0.6 is 11.8 Å². The molecule has 0 aromatic rings. The predicted molar refractivity (Wildman–Crippen MR) is 59.5 cm³/mol. The Balaban J connectivity index is 1.99. The van der Waals surface area contributed by atoms with E-state index in [1.54, 1.807) is 0 Å². The van der Waals surface area contributed by atoms with E-state index < -0.39 is 0 Å². The van der Waals surface area contributed by atoms with Crippen LogP contribution < -0.4 is 5.32 Å². The molecular weight excluding hydrogens is 198 g/mol.